The topological polar surface area (TPSA) is 226 Å². The molecule has 3 aromatic rings. The molecule has 2 aromatic carbocycles. The third kappa shape index (κ3) is 8.88. The van der Waals surface area contributed by atoms with Crippen LogP contribution in [0.3, 0.4) is 0 Å². The number of aryl methyl sites for hydroxylation is 1. The molecule has 1 aromatic heterocycles. The van der Waals surface area contributed by atoms with Gasteiger partial charge in [0.05, 0.1) is 31.3 Å². The van der Waals surface area contributed by atoms with Gasteiger partial charge in [-0.3, -0.25) is 4.79 Å². The van der Waals surface area contributed by atoms with Crippen LogP contribution >= 0.6 is 0 Å². The van der Waals surface area contributed by atoms with Crippen molar-refractivity contribution in [1.29, 1.82) is 0 Å². The maximum Gasteiger partial charge on any atom is 0.310 e. The molecular weight excluding hydrogens is 674 g/mol. The highest BCUT2D eigenvalue weighted by molar-refractivity contribution is 5.74. The number of hydrogen-bond acceptors (Lipinski definition) is 13. The number of nitrogens with two attached hydrogens (primary N) is 1. The fraction of sp³-hybridized carbons (Fsp3) is 0.474. The average Bonchev–Trinajstić information content (AvgIpc) is 3.58. The minimum atomic E-state index is -0.970. The van der Waals surface area contributed by atoms with Gasteiger partial charge in [-0.2, -0.15) is 0 Å². The zero-order valence-electron chi connectivity index (χ0n) is 29.3. The molecule has 14 heteroatoms. The van der Waals surface area contributed by atoms with Gasteiger partial charge >= 0.3 is 5.97 Å². The predicted molar refractivity (Wildman–Crippen MR) is 190 cm³/mol. The van der Waals surface area contributed by atoms with Gasteiger partial charge in [0.2, 0.25) is 5.75 Å². The number of aromatic nitrogens is 1. The van der Waals surface area contributed by atoms with E-state index in [1.807, 2.05) is 19.1 Å². The normalized spacial score (nSPS) is 24.8. The van der Waals surface area contributed by atoms with Crippen molar-refractivity contribution < 1.29 is 54.4 Å². The number of allylic oxidation sites excluding steroid dienone is 1. The SMILES string of the molecule is CCN[C@H](COc1cc([C@@H]2O[C@@H](CCc3ccc(O)c(OCO)c3)C[C@H](O)[C@@H]2CCO)cc(OC)c1O)[C@H]1[C@@H](C(=O)O)C=C[C@H]1c1ccnc(N)c1. The molecule has 0 bridgehead atoms. The summed E-state index contributed by atoms with van der Waals surface area (Å²) in [5, 5.41) is 65.1. The Balaban J connectivity index is 1.40. The fourth-order valence-electron chi connectivity index (χ4n) is 7.49. The zero-order valence-corrected chi connectivity index (χ0v) is 29.3. The lowest BCUT2D eigenvalue weighted by Gasteiger charge is -2.40. The summed E-state index contributed by atoms with van der Waals surface area (Å²) in [5.41, 5.74) is 8.20. The molecule has 0 amide bonds. The van der Waals surface area contributed by atoms with Gasteiger partial charge in [-0.1, -0.05) is 25.1 Å². The number of rotatable bonds is 17. The molecule has 0 spiro atoms. The van der Waals surface area contributed by atoms with Crippen LogP contribution in [-0.2, 0) is 16.0 Å². The quantitative estimate of drug-likeness (QED) is 0.0739. The highest BCUT2D eigenvalue weighted by Gasteiger charge is 2.43. The van der Waals surface area contributed by atoms with Gasteiger partial charge in [0.15, 0.2) is 29.8 Å². The molecule has 8 atom stereocenters. The van der Waals surface area contributed by atoms with Gasteiger partial charge in [0, 0.05) is 36.6 Å². The number of carboxylic acid groups (broad SMARTS) is 1. The summed E-state index contributed by atoms with van der Waals surface area (Å²) in [7, 11) is 1.41. The van der Waals surface area contributed by atoms with Crippen LogP contribution in [0.15, 0.2) is 60.8 Å². The molecule has 9 N–H and O–H groups in total. The van der Waals surface area contributed by atoms with Gasteiger partial charge < -0.3 is 60.6 Å². The standard InChI is InChI=1S/C38H49N3O11/c1-3-40-28(35-25(7-8-27(35)38(47)48)22-10-12-41-34(39)17-22)19-50-33-16-23(15-32(49-2)36(33)46)37-26(11-13-42)30(45)18-24(52-37)6-4-21-5-9-29(44)31(14-21)51-20-43/h5,7-10,12,14-17,24-28,30,35,37,40,42-46H,3-4,6,11,13,18-20H2,1-2H3,(H2,39,41)(H,47,48)/t24-,25-,26-,27-,28+,30-,35+,37-/m0/s1. The molecule has 2 aliphatic rings. The van der Waals surface area contributed by atoms with E-state index in [4.69, 9.17) is 29.8 Å². The number of hydrogen-bond donors (Lipinski definition) is 8. The van der Waals surface area contributed by atoms with Crippen LogP contribution in [0, 0.1) is 17.8 Å². The number of anilines is 1. The van der Waals surface area contributed by atoms with Crippen molar-refractivity contribution in [2.45, 2.75) is 62.9 Å². The Morgan fingerprint density at radius 1 is 1.04 bits per heavy atom. The lowest BCUT2D eigenvalue weighted by atomic mass is 9.79. The number of nitrogens with one attached hydrogen (secondary N) is 1. The maximum absolute atomic E-state index is 12.4. The van der Waals surface area contributed by atoms with Crippen molar-refractivity contribution in [2.75, 3.05) is 39.4 Å². The van der Waals surface area contributed by atoms with E-state index in [0.717, 1.165) is 11.1 Å². The van der Waals surface area contributed by atoms with Gasteiger partial charge in [-0.25, -0.2) is 4.98 Å². The summed E-state index contributed by atoms with van der Waals surface area (Å²) < 4.78 is 23.5. The molecule has 0 unspecified atom stereocenters. The van der Waals surface area contributed by atoms with Crippen LogP contribution in [0.25, 0.3) is 0 Å². The summed E-state index contributed by atoms with van der Waals surface area (Å²) in [6.07, 6.45) is 4.86. The fourth-order valence-corrected chi connectivity index (χ4v) is 7.49. The van der Waals surface area contributed by atoms with Crippen LogP contribution in [0.1, 0.15) is 54.9 Å². The minimum Gasteiger partial charge on any atom is -0.504 e. The highest BCUT2D eigenvalue weighted by Crippen LogP contribution is 2.46. The number of phenols is 2. The van der Waals surface area contributed by atoms with E-state index in [1.165, 1.54) is 13.2 Å². The number of aliphatic carboxylic acids is 1. The first-order chi connectivity index (χ1) is 25.1. The average molecular weight is 724 g/mol. The summed E-state index contributed by atoms with van der Waals surface area (Å²) >= 11 is 0. The highest BCUT2D eigenvalue weighted by atomic mass is 16.6. The summed E-state index contributed by atoms with van der Waals surface area (Å²) in [6, 6.07) is 11.2. The molecular formula is C38H49N3O11. The molecule has 1 saturated heterocycles. The second-order valence-electron chi connectivity index (χ2n) is 13.2. The van der Waals surface area contributed by atoms with Crippen molar-refractivity contribution in [3.63, 3.8) is 0 Å². The van der Waals surface area contributed by atoms with Gasteiger partial charge in [-0.15, -0.1) is 0 Å². The van der Waals surface area contributed by atoms with Crippen molar-refractivity contribution in [2.24, 2.45) is 17.8 Å². The molecule has 1 fully saturated rings. The minimum absolute atomic E-state index is 0.00729. The number of carbonyl (C=O) groups is 1. The van der Waals surface area contributed by atoms with Gasteiger partial charge in [0.25, 0.3) is 0 Å². The first kappa shape index (κ1) is 38.6. The number of nitrogens with zero attached hydrogens (tertiary/aromatic N) is 1. The number of nitrogen functional groups attached to an aromatic ring is 1. The van der Waals surface area contributed by atoms with Gasteiger partial charge in [0.1, 0.15) is 12.4 Å². The third-order valence-corrected chi connectivity index (χ3v) is 9.98. The van der Waals surface area contributed by atoms with Crippen molar-refractivity contribution in [3.05, 3.63) is 77.5 Å². The molecule has 282 valence electrons. The summed E-state index contributed by atoms with van der Waals surface area (Å²) in [5.74, 6) is -2.68. The Labute approximate surface area is 302 Å². The van der Waals surface area contributed by atoms with E-state index in [9.17, 15) is 30.3 Å². The van der Waals surface area contributed by atoms with Crippen molar-refractivity contribution >= 4 is 11.8 Å². The number of pyridine rings is 1. The smallest absolute Gasteiger partial charge is 0.310 e. The molecule has 52 heavy (non-hydrogen) atoms. The Hall–Kier alpha value is -4.60. The van der Waals surface area contributed by atoms with E-state index >= 15 is 0 Å². The molecule has 1 aliphatic carbocycles. The number of benzene rings is 2. The zero-order chi connectivity index (χ0) is 37.4. The number of methoxy groups -OCH3 is 1. The predicted octanol–water partition coefficient (Wildman–Crippen LogP) is 3.26. The Morgan fingerprint density at radius 3 is 2.52 bits per heavy atom. The van der Waals surface area contributed by atoms with Gasteiger partial charge in [-0.05, 0) is 85.3 Å². The van der Waals surface area contributed by atoms with Crippen molar-refractivity contribution in [1.82, 2.24) is 10.3 Å². The molecule has 0 radical (unpaired) electrons. The van der Waals surface area contributed by atoms with Crippen LogP contribution in [0.2, 0.25) is 0 Å². The number of carboxylic acids is 1. The van der Waals surface area contributed by atoms with E-state index < -0.39 is 54.9 Å². The van der Waals surface area contributed by atoms with E-state index in [0.29, 0.717) is 37.2 Å². The first-order valence-electron chi connectivity index (χ1n) is 17.5. The van der Waals surface area contributed by atoms with Crippen LogP contribution in [0.4, 0.5) is 5.82 Å². The van der Waals surface area contributed by atoms with Crippen LogP contribution in [-0.4, -0.2) is 93.5 Å². The number of aromatic hydroxyl groups is 2. The lowest BCUT2D eigenvalue weighted by Crippen LogP contribution is -2.46. The molecule has 5 rings (SSSR count). The molecule has 14 nitrogen and oxygen atoms in total. The van der Waals surface area contributed by atoms with E-state index in [1.54, 1.807) is 42.6 Å². The van der Waals surface area contributed by atoms with Crippen LogP contribution in [0.5, 0.6) is 28.7 Å². The molecule has 0 saturated carbocycles. The molecule has 2 heterocycles. The third-order valence-electron chi connectivity index (χ3n) is 9.98. The first-order valence-corrected chi connectivity index (χ1v) is 17.5. The number of ether oxygens (including phenoxy) is 4. The van der Waals surface area contributed by atoms with E-state index in [-0.39, 0.29) is 54.3 Å². The summed E-state index contributed by atoms with van der Waals surface area (Å²) in [6.45, 7) is 1.67. The maximum atomic E-state index is 12.4. The Morgan fingerprint density at radius 2 is 1.83 bits per heavy atom. The number of aliphatic hydroxyl groups excluding tert-OH is 3. The Kier molecular flexibility index (Phi) is 13.2. The number of likely N-dealkylation sites (N-methyl/N-ethyl adjacent to an activating group) is 1. The van der Waals surface area contributed by atoms with E-state index in [2.05, 4.69) is 10.3 Å². The number of phenolic OH excluding ortho intramolecular Hbond substituents is 2. The summed E-state index contributed by atoms with van der Waals surface area (Å²) in [4.78, 5) is 16.5. The molecule has 1 aliphatic heterocycles. The number of aliphatic hydroxyl groups is 3. The monoisotopic (exact) mass is 723 g/mol. The second-order valence-corrected chi connectivity index (χ2v) is 13.2. The van der Waals surface area contributed by atoms with Crippen molar-refractivity contribution in [3.8, 4) is 28.7 Å². The second kappa shape index (κ2) is 17.8. The van der Waals surface area contributed by atoms with Crippen LogP contribution < -0.4 is 25.3 Å². The largest absolute Gasteiger partial charge is 0.504 e. The Bertz CT molecular complexity index is 1690. The lowest BCUT2D eigenvalue weighted by molar-refractivity contribution is -0.144.